The highest BCUT2D eigenvalue weighted by molar-refractivity contribution is 5.83. The zero-order chi connectivity index (χ0) is 12.4. The van der Waals surface area contributed by atoms with Crippen molar-refractivity contribution in [3.8, 4) is 5.75 Å². The maximum Gasteiger partial charge on any atom is 0.161 e. The zero-order valence-corrected chi connectivity index (χ0v) is 10.4. The van der Waals surface area contributed by atoms with Crippen molar-refractivity contribution < 1.29 is 14.7 Å². The number of oxime groups is 1. The number of methoxy groups -OCH3 is 1. The number of benzene rings is 1. The first-order valence-corrected chi connectivity index (χ1v) is 5.63. The van der Waals surface area contributed by atoms with Crippen LogP contribution in [0.15, 0.2) is 17.3 Å². The quantitative estimate of drug-likeness (QED) is 0.874. The van der Waals surface area contributed by atoms with Crippen LogP contribution >= 0.6 is 0 Å². The molecule has 0 radical (unpaired) electrons. The Morgan fingerprint density at radius 1 is 1.47 bits per heavy atom. The second-order valence-corrected chi connectivity index (χ2v) is 4.32. The molecular weight excluding hydrogens is 218 g/mol. The summed E-state index contributed by atoms with van der Waals surface area (Å²) in [5.41, 5.74) is 3.77. The molecule has 0 bridgehead atoms. The Labute approximate surface area is 101 Å². The molecule has 4 heteroatoms. The molecule has 0 amide bonds. The molecule has 0 fully saturated rings. The van der Waals surface area contributed by atoms with Gasteiger partial charge in [-0.2, -0.15) is 0 Å². The Morgan fingerprint density at radius 3 is 2.76 bits per heavy atom. The van der Waals surface area contributed by atoms with E-state index in [0.29, 0.717) is 0 Å². The Hall–Kier alpha value is -1.55. The number of aliphatic hydroxyl groups is 1. The summed E-state index contributed by atoms with van der Waals surface area (Å²) in [5, 5.41) is 13.4. The summed E-state index contributed by atoms with van der Waals surface area (Å²) in [5.74, 6) is 0.754. The Bertz CT molecular complexity index is 429. The number of hydrogen-bond acceptors (Lipinski definition) is 4. The summed E-state index contributed by atoms with van der Waals surface area (Å²) in [6, 6.07) is 3.90. The molecule has 1 unspecified atom stereocenters. The highest BCUT2D eigenvalue weighted by atomic mass is 16.6. The van der Waals surface area contributed by atoms with Crippen LogP contribution < -0.4 is 4.74 Å². The van der Waals surface area contributed by atoms with E-state index in [2.05, 4.69) is 5.16 Å². The van der Waals surface area contributed by atoms with E-state index in [1.165, 1.54) is 0 Å². The third-order valence-electron chi connectivity index (χ3n) is 2.90. The summed E-state index contributed by atoms with van der Waals surface area (Å²) < 4.78 is 5.37. The zero-order valence-electron chi connectivity index (χ0n) is 10.4. The third kappa shape index (κ3) is 2.26. The first-order chi connectivity index (χ1) is 8.15. The lowest BCUT2D eigenvalue weighted by Crippen LogP contribution is -2.06. The van der Waals surface area contributed by atoms with Crippen LogP contribution in [-0.2, 0) is 11.4 Å². The summed E-state index contributed by atoms with van der Waals surface area (Å²) in [6.45, 7) is 3.88. The van der Waals surface area contributed by atoms with Crippen molar-refractivity contribution in [3.63, 3.8) is 0 Å². The lowest BCUT2D eigenvalue weighted by molar-refractivity contribution is 0.0818. The van der Waals surface area contributed by atoms with Gasteiger partial charge in [0.05, 0.1) is 19.4 Å². The summed E-state index contributed by atoms with van der Waals surface area (Å²) in [7, 11) is 1.63. The molecule has 17 heavy (non-hydrogen) atoms. The first kappa shape index (κ1) is 11.9. The Balaban J connectivity index is 2.43. The van der Waals surface area contributed by atoms with Crippen LogP contribution in [0.25, 0.3) is 0 Å². The van der Waals surface area contributed by atoms with Crippen molar-refractivity contribution in [3.05, 3.63) is 28.8 Å². The van der Waals surface area contributed by atoms with Gasteiger partial charge in [0, 0.05) is 12.0 Å². The number of nitrogens with zero attached hydrogens (tertiary/aromatic N) is 1. The van der Waals surface area contributed by atoms with Gasteiger partial charge in [-0.05, 0) is 31.0 Å². The topological polar surface area (TPSA) is 51.0 Å². The van der Waals surface area contributed by atoms with Crippen molar-refractivity contribution in [2.45, 2.75) is 33.0 Å². The molecule has 0 saturated carbocycles. The van der Waals surface area contributed by atoms with Crippen molar-refractivity contribution in [1.82, 2.24) is 0 Å². The average Bonchev–Trinajstić information content (AvgIpc) is 2.74. The van der Waals surface area contributed by atoms with Gasteiger partial charge in [-0.3, -0.25) is 0 Å². The second kappa shape index (κ2) is 4.75. The smallest absolute Gasteiger partial charge is 0.161 e. The van der Waals surface area contributed by atoms with Crippen LogP contribution in [0.4, 0.5) is 0 Å². The summed E-state index contributed by atoms with van der Waals surface area (Å²) in [4.78, 5) is 5.37. The molecule has 1 aliphatic heterocycles. The average molecular weight is 235 g/mol. The molecule has 0 aromatic heterocycles. The maximum atomic E-state index is 9.44. The minimum atomic E-state index is -0.146. The second-order valence-electron chi connectivity index (χ2n) is 4.32. The van der Waals surface area contributed by atoms with Crippen LogP contribution in [0, 0.1) is 6.92 Å². The largest absolute Gasteiger partial charge is 0.496 e. The molecule has 1 atom stereocenters. The minimum Gasteiger partial charge on any atom is -0.496 e. The lowest BCUT2D eigenvalue weighted by Gasteiger charge is -2.17. The molecule has 1 aromatic carbocycles. The van der Waals surface area contributed by atoms with Gasteiger partial charge >= 0.3 is 0 Å². The van der Waals surface area contributed by atoms with Crippen LogP contribution in [0.1, 0.15) is 36.1 Å². The van der Waals surface area contributed by atoms with Gasteiger partial charge in [0.2, 0.25) is 0 Å². The fraction of sp³-hybridized carbons (Fsp3) is 0.462. The molecule has 92 valence electrons. The van der Waals surface area contributed by atoms with Gasteiger partial charge in [0.1, 0.15) is 5.75 Å². The standard InChI is InChI=1S/C13H17NO3/c1-8-4-10(7-15)13(11(5-8)16-3)12-6-9(2)14-17-12/h4-5,12,15H,6-7H2,1-3H3. The van der Waals surface area contributed by atoms with Crippen LogP contribution in [-0.4, -0.2) is 17.9 Å². The normalized spacial score (nSPS) is 18.8. The molecule has 1 heterocycles. The Kier molecular flexibility index (Phi) is 3.33. The monoisotopic (exact) mass is 235 g/mol. The van der Waals surface area contributed by atoms with Crippen molar-refractivity contribution >= 4 is 5.71 Å². The van der Waals surface area contributed by atoms with Gasteiger partial charge in [0.25, 0.3) is 0 Å². The molecule has 0 aliphatic carbocycles. The van der Waals surface area contributed by atoms with Gasteiger partial charge < -0.3 is 14.7 Å². The highest BCUT2D eigenvalue weighted by Gasteiger charge is 2.26. The predicted octanol–water partition coefficient (Wildman–Crippen LogP) is 2.33. The van der Waals surface area contributed by atoms with E-state index in [1.54, 1.807) is 7.11 Å². The number of aryl methyl sites for hydroxylation is 1. The molecular formula is C13H17NO3. The van der Waals surface area contributed by atoms with E-state index >= 15 is 0 Å². The lowest BCUT2D eigenvalue weighted by atomic mass is 9.96. The number of hydrogen-bond donors (Lipinski definition) is 1. The fourth-order valence-electron chi connectivity index (χ4n) is 2.15. The number of rotatable bonds is 3. The van der Waals surface area contributed by atoms with Crippen LogP contribution in [0.3, 0.4) is 0 Å². The SMILES string of the molecule is COc1cc(C)cc(CO)c1C1CC(C)=NO1. The summed E-state index contributed by atoms with van der Waals surface area (Å²) >= 11 is 0. The van der Waals surface area contributed by atoms with E-state index in [-0.39, 0.29) is 12.7 Å². The van der Waals surface area contributed by atoms with E-state index in [1.807, 2.05) is 26.0 Å². The van der Waals surface area contributed by atoms with E-state index in [9.17, 15) is 5.11 Å². The number of ether oxygens (including phenoxy) is 1. The van der Waals surface area contributed by atoms with Crippen molar-refractivity contribution in [2.24, 2.45) is 5.16 Å². The summed E-state index contributed by atoms with van der Waals surface area (Å²) in [6.07, 6.45) is 0.597. The van der Waals surface area contributed by atoms with E-state index in [4.69, 9.17) is 9.57 Å². The van der Waals surface area contributed by atoms with Crippen LogP contribution in [0.5, 0.6) is 5.75 Å². The number of aliphatic hydroxyl groups excluding tert-OH is 1. The maximum absolute atomic E-state index is 9.44. The van der Waals surface area contributed by atoms with Gasteiger partial charge in [0.15, 0.2) is 6.10 Å². The molecule has 1 N–H and O–H groups in total. The minimum absolute atomic E-state index is 0.0215. The molecule has 0 spiro atoms. The Morgan fingerprint density at radius 2 is 2.24 bits per heavy atom. The first-order valence-electron chi connectivity index (χ1n) is 5.63. The van der Waals surface area contributed by atoms with Crippen molar-refractivity contribution in [2.75, 3.05) is 7.11 Å². The third-order valence-corrected chi connectivity index (χ3v) is 2.90. The predicted molar refractivity (Wildman–Crippen MR) is 65.2 cm³/mol. The van der Waals surface area contributed by atoms with Crippen molar-refractivity contribution in [1.29, 1.82) is 0 Å². The van der Waals surface area contributed by atoms with Crippen LogP contribution in [0.2, 0.25) is 0 Å². The molecule has 1 aliphatic rings. The molecule has 1 aromatic rings. The molecule has 4 nitrogen and oxygen atoms in total. The van der Waals surface area contributed by atoms with Gasteiger partial charge in [-0.15, -0.1) is 0 Å². The molecule has 2 rings (SSSR count). The highest BCUT2D eigenvalue weighted by Crippen LogP contribution is 2.37. The van der Waals surface area contributed by atoms with E-state index < -0.39 is 0 Å². The van der Waals surface area contributed by atoms with E-state index in [0.717, 1.165) is 34.6 Å². The van der Waals surface area contributed by atoms with Gasteiger partial charge in [-0.1, -0.05) is 11.2 Å². The molecule has 0 saturated heterocycles. The van der Waals surface area contributed by atoms with Gasteiger partial charge in [-0.25, -0.2) is 0 Å². The fourth-order valence-corrected chi connectivity index (χ4v) is 2.15.